The van der Waals surface area contributed by atoms with Crippen LogP contribution in [0.25, 0.3) is 0 Å². The van der Waals surface area contributed by atoms with Crippen LogP contribution in [0, 0.1) is 11.7 Å². The number of benzene rings is 1. The first kappa shape index (κ1) is 16.4. The molecule has 0 bridgehead atoms. The maximum absolute atomic E-state index is 13.3. The first-order valence-electron chi connectivity index (χ1n) is 6.85. The van der Waals surface area contributed by atoms with Crippen LogP contribution in [0.2, 0.25) is 0 Å². The number of methoxy groups -OCH3 is 1. The number of hydrogen-bond donors (Lipinski definition) is 2. The molecule has 20 heavy (non-hydrogen) atoms. The lowest BCUT2D eigenvalue weighted by atomic mass is 10.00. The molecule has 2 N–H and O–H groups in total. The van der Waals surface area contributed by atoms with Gasteiger partial charge in [0.05, 0.1) is 7.11 Å². The number of amides is 1. The van der Waals surface area contributed by atoms with Gasteiger partial charge in [0.2, 0.25) is 0 Å². The van der Waals surface area contributed by atoms with E-state index >= 15 is 0 Å². The van der Waals surface area contributed by atoms with Crippen LogP contribution in [0.1, 0.15) is 36.5 Å². The summed E-state index contributed by atoms with van der Waals surface area (Å²) < 4.78 is 18.1. The summed E-state index contributed by atoms with van der Waals surface area (Å²) >= 11 is 0. The molecule has 1 unspecified atom stereocenters. The summed E-state index contributed by atoms with van der Waals surface area (Å²) in [4.78, 5) is 12.0. The molecule has 5 heteroatoms. The Labute approximate surface area is 119 Å². The van der Waals surface area contributed by atoms with Gasteiger partial charge in [0, 0.05) is 18.7 Å². The minimum Gasteiger partial charge on any atom is -0.494 e. The van der Waals surface area contributed by atoms with E-state index in [0.717, 1.165) is 12.8 Å². The molecule has 1 amide bonds. The predicted octanol–water partition coefficient (Wildman–Crippen LogP) is 2.36. The normalized spacial score (nSPS) is 12.0. The highest BCUT2D eigenvalue weighted by Gasteiger charge is 2.12. The standard InChI is InChI=1S/C15H22FNO3/c1-3-4-11(7-8-18)10-17-15(19)12-5-6-13(16)14(9-12)20-2/h5-6,9,11,18H,3-4,7-8,10H2,1-2H3,(H,17,19). The van der Waals surface area contributed by atoms with Crippen LogP contribution < -0.4 is 10.1 Å². The van der Waals surface area contributed by atoms with E-state index in [1.54, 1.807) is 0 Å². The van der Waals surface area contributed by atoms with Crippen molar-refractivity contribution < 1.29 is 19.0 Å². The van der Waals surface area contributed by atoms with Gasteiger partial charge in [-0.2, -0.15) is 0 Å². The molecule has 0 saturated carbocycles. The number of aliphatic hydroxyl groups excluding tert-OH is 1. The van der Waals surface area contributed by atoms with E-state index in [4.69, 9.17) is 9.84 Å². The lowest BCUT2D eigenvalue weighted by Gasteiger charge is -2.15. The minimum atomic E-state index is -0.492. The molecule has 0 aliphatic heterocycles. The molecule has 1 aromatic carbocycles. The van der Waals surface area contributed by atoms with Crippen molar-refractivity contribution >= 4 is 5.91 Å². The SMILES string of the molecule is CCCC(CCO)CNC(=O)c1ccc(F)c(OC)c1. The van der Waals surface area contributed by atoms with Crippen LogP contribution in [-0.4, -0.2) is 31.3 Å². The summed E-state index contributed by atoms with van der Waals surface area (Å²) in [5, 5.41) is 11.8. The van der Waals surface area contributed by atoms with Crippen molar-refractivity contribution in [2.45, 2.75) is 26.2 Å². The molecule has 1 aromatic rings. The molecule has 4 nitrogen and oxygen atoms in total. The molecule has 1 rings (SSSR count). The number of ether oxygens (including phenoxy) is 1. The monoisotopic (exact) mass is 283 g/mol. The second kappa shape index (κ2) is 8.53. The summed E-state index contributed by atoms with van der Waals surface area (Å²) in [6, 6.07) is 4.02. The molecule has 112 valence electrons. The highest BCUT2D eigenvalue weighted by molar-refractivity contribution is 5.94. The van der Waals surface area contributed by atoms with Crippen LogP contribution >= 0.6 is 0 Å². The second-order valence-corrected chi connectivity index (χ2v) is 4.73. The Morgan fingerprint density at radius 1 is 1.45 bits per heavy atom. The van der Waals surface area contributed by atoms with Crippen LogP contribution in [0.5, 0.6) is 5.75 Å². The van der Waals surface area contributed by atoms with Crippen LogP contribution in [0.4, 0.5) is 4.39 Å². The van der Waals surface area contributed by atoms with Crippen molar-refractivity contribution in [2.75, 3.05) is 20.3 Å². The number of aliphatic hydroxyl groups is 1. The summed E-state index contributed by atoms with van der Waals surface area (Å²) in [6.45, 7) is 2.69. The quantitative estimate of drug-likeness (QED) is 0.770. The molecule has 0 saturated heterocycles. The molecular weight excluding hydrogens is 261 g/mol. The third-order valence-electron chi connectivity index (χ3n) is 3.20. The highest BCUT2D eigenvalue weighted by Crippen LogP contribution is 2.18. The fraction of sp³-hybridized carbons (Fsp3) is 0.533. The minimum absolute atomic E-state index is 0.0538. The van der Waals surface area contributed by atoms with Gasteiger partial charge in [0.25, 0.3) is 5.91 Å². The first-order valence-corrected chi connectivity index (χ1v) is 6.85. The topological polar surface area (TPSA) is 58.6 Å². The van der Waals surface area contributed by atoms with Crippen molar-refractivity contribution in [3.63, 3.8) is 0 Å². The van der Waals surface area contributed by atoms with Gasteiger partial charge in [0.1, 0.15) is 0 Å². The Bertz CT molecular complexity index is 431. The molecule has 0 spiro atoms. The molecule has 1 atom stereocenters. The summed E-state index contributed by atoms with van der Waals surface area (Å²) in [7, 11) is 1.36. The number of rotatable bonds is 8. The van der Waals surface area contributed by atoms with E-state index in [1.807, 2.05) is 0 Å². The van der Waals surface area contributed by atoms with E-state index in [9.17, 15) is 9.18 Å². The maximum atomic E-state index is 13.3. The Kier molecular flexibility index (Phi) is 7.01. The van der Waals surface area contributed by atoms with Crippen LogP contribution in [-0.2, 0) is 0 Å². The molecular formula is C15H22FNO3. The van der Waals surface area contributed by atoms with Gasteiger partial charge in [-0.05, 0) is 37.0 Å². The molecule has 0 heterocycles. The zero-order valence-corrected chi connectivity index (χ0v) is 12.0. The fourth-order valence-corrected chi connectivity index (χ4v) is 2.08. The second-order valence-electron chi connectivity index (χ2n) is 4.73. The smallest absolute Gasteiger partial charge is 0.251 e. The number of halogens is 1. The Hall–Kier alpha value is -1.62. The number of carbonyl (C=O) groups excluding carboxylic acids is 1. The zero-order chi connectivity index (χ0) is 15.0. The average Bonchev–Trinajstić information content (AvgIpc) is 2.45. The van der Waals surface area contributed by atoms with Crippen molar-refractivity contribution in [3.8, 4) is 5.75 Å². The molecule has 0 aromatic heterocycles. The van der Waals surface area contributed by atoms with E-state index in [2.05, 4.69) is 12.2 Å². The average molecular weight is 283 g/mol. The molecule has 0 aliphatic rings. The van der Waals surface area contributed by atoms with Crippen molar-refractivity contribution in [2.24, 2.45) is 5.92 Å². The predicted molar refractivity (Wildman–Crippen MR) is 75.4 cm³/mol. The van der Waals surface area contributed by atoms with Gasteiger partial charge < -0.3 is 15.2 Å². The van der Waals surface area contributed by atoms with Gasteiger partial charge in [-0.15, -0.1) is 0 Å². The largest absolute Gasteiger partial charge is 0.494 e. The third kappa shape index (κ3) is 4.81. The lowest BCUT2D eigenvalue weighted by molar-refractivity contribution is 0.0942. The van der Waals surface area contributed by atoms with Crippen LogP contribution in [0.3, 0.4) is 0 Å². The Morgan fingerprint density at radius 3 is 2.80 bits per heavy atom. The fourth-order valence-electron chi connectivity index (χ4n) is 2.08. The van der Waals surface area contributed by atoms with Crippen LogP contribution in [0.15, 0.2) is 18.2 Å². The van der Waals surface area contributed by atoms with E-state index in [1.165, 1.54) is 25.3 Å². The highest BCUT2D eigenvalue weighted by atomic mass is 19.1. The maximum Gasteiger partial charge on any atom is 0.251 e. The number of nitrogens with one attached hydrogen (secondary N) is 1. The van der Waals surface area contributed by atoms with Crippen molar-refractivity contribution in [1.82, 2.24) is 5.32 Å². The number of hydrogen-bond acceptors (Lipinski definition) is 3. The first-order chi connectivity index (χ1) is 9.62. The Morgan fingerprint density at radius 2 is 2.20 bits per heavy atom. The lowest BCUT2D eigenvalue weighted by Crippen LogP contribution is -2.29. The molecule has 0 fully saturated rings. The van der Waals surface area contributed by atoms with Gasteiger partial charge in [-0.1, -0.05) is 13.3 Å². The summed E-state index contributed by atoms with van der Waals surface area (Å²) in [5.41, 5.74) is 0.363. The van der Waals surface area contributed by atoms with E-state index in [0.29, 0.717) is 18.5 Å². The summed E-state index contributed by atoms with van der Waals surface area (Å²) in [6.07, 6.45) is 2.62. The van der Waals surface area contributed by atoms with Gasteiger partial charge in [-0.3, -0.25) is 4.79 Å². The number of carbonyl (C=O) groups is 1. The Balaban J connectivity index is 2.61. The van der Waals surface area contributed by atoms with Gasteiger partial charge in [-0.25, -0.2) is 4.39 Å². The van der Waals surface area contributed by atoms with Gasteiger partial charge >= 0.3 is 0 Å². The van der Waals surface area contributed by atoms with E-state index in [-0.39, 0.29) is 24.2 Å². The van der Waals surface area contributed by atoms with Gasteiger partial charge in [0.15, 0.2) is 11.6 Å². The van der Waals surface area contributed by atoms with E-state index < -0.39 is 5.82 Å². The molecule has 0 aliphatic carbocycles. The van der Waals surface area contributed by atoms with Crippen molar-refractivity contribution in [3.05, 3.63) is 29.6 Å². The summed E-state index contributed by atoms with van der Waals surface area (Å²) in [5.74, 6) is -0.440. The zero-order valence-electron chi connectivity index (χ0n) is 12.0. The van der Waals surface area contributed by atoms with Crippen molar-refractivity contribution in [1.29, 1.82) is 0 Å². The third-order valence-corrected chi connectivity index (χ3v) is 3.20. The molecule has 0 radical (unpaired) electrons.